The molecular weight excluding hydrogens is 206 g/mol. The highest BCUT2D eigenvalue weighted by Crippen LogP contribution is 2.25. The lowest BCUT2D eigenvalue weighted by molar-refractivity contribution is 0.283. The van der Waals surface area contributed by atoms with Crippen LogP contribution in [-0.4, -0.2) is 17.1 Å². The molecule has 0 spiro atoms. The minimum Gasteiger partial charge on any atom is -0.324 e. The Labute approximate surface area is 95.1 Å². The zero-order valence-corrected chi connectivity index (χ0v) is 9.85. The molecule has 1 heterocycles. The van der Waals surface area contributed by atoms with Gasteiger partial charge in [-0.2, -0.15) is 0 Å². The van der Waals surface area contributed by atoms with E-state index in [-0.39, 0.29) is 5.54 Å². The fourth-order valence-corrected chi connectivity index (χ4v) is 2.78. The van der Waals surface area contributed by atoms with E-state index in [1.54, 1.807) is 11.3 Å². The third-order valence-electron chi connectivity index (χ3n) is 3.09. The molecule has 0 saturated heterocycles. The van der Waals surface area contributed by atoms with Gasteiger partial charge in [0.2, 0.25) is 0 Å². The quantitative estimate of drug-likeness (QED) is 0.823. The van der Waals surface area contributed by atoms with Gasteiger partial charge in [-0.05, 0) is 12.8 Å². The topological polar surface area (TPSA) is 50.9 Å². The van der Waals surface area contributed by atoms with Crippen LogP contribution >= 0.6 is 11.3 Å². The number of hydrogen-bond donors (Lipinski definition) is 2. The van der Waals surface area contributed by atoms with Crippen molar-refractivity contribution in [2.24, 2.45) is 5.73 Å². The second-order valence-corrected chi connectivity index (χ2v) is 5.43. The maximum Gasteiger partial charge on any atom is 0.106 e. The summed E-state index contributed by atoms with van der Waals surface area (Å²) in [6.45, 7) is 1.78. The summed E-state index contributed by atoms with van der Waals surface area (Å²) in [7, 11) is 0. The highest BCUT2D eigenvalue weighted by molar-refractivity contribution is 7.09. The summed E-state index contributed by atoms with van der Waals surface area (Å²) in [5.41, 5.74) is 6.36. The molecule has 2 rings (SSSR count). The van der Waals surface area contributed by atoms with Crippen LogP contribution in [0.25, 0.3) is 0 Å². The highest BCUT2D eigenvalue weighted by atomic mass is 32.1. The van der Waals surface area contributed by atoms with E-state index in [0.717, 1.165) is 30.9 Å². The molecule has 1 fully saturated rings. The maximum absolute atomic E-state index is 6.32. The van der Waals surface area contributed by atoms with Crippen LogP contribution in [0.5, 0.6) is 0 Å². The number of nitrogens with one attached hydrogen (secondary N) is 1. The first-order valence-electron chi connectivity index (χ1n) is 5.66. The molecule has 1 aliphatic rings. The largest absolute Gasteiger partial charge is 0.324 e. The Morgan fingerprint density at radius 2 is 2.20 bits per heavy atom. The lowest BCUT2D eigenvalue weighted by Gasteiger charge is -2.33. The SMILES string of the molecule is NC1(CNCc2nccs2)CCCCC1. The van der Waals surface area contributed by atoms with Crippen molar-refractivity contribution in [2.75, 3.05) is 6.54 Å². The van der Waals surface area contributed by atoms with Gasteiger partial charge in [-0.25, -0.2) is 4.98 Å². The Bertz CT molecular complexity index is 278. The Hall–Kier alpha value is -0.450. The number of thiazole rings is 1. The van der Waals surface area contributed by atoms with Crippen molar-refractivity contribution in [2.45, 2.75) is 44.2 Å². The van der Waals surface area contributed by atoms with Crippen LogP contribution in [0, 0.1) is 0 Å². The van der Waals surface area contributed by atoms with Crippen molar-refractivity contribution in [3.8, 4) is 0 Å². The van der Waals surface area contributed by atoms with Crippen LogP contribution in [-0.2, 0) is 6.54 Å². The van der Waals surface area contributed by atoms with Crippen LogP contribution in [0.4, 0.5) is 0 Å². The molecule has 0 unspecified atom stereocenters. The molecule has 4 heteroatoms. The van der Waals surface area contributed by atoms with E-state index < -0.39 is 0 Å². The van der Waals surface area contributed by atoms with Crippen LogP contribution in [0.3, 0.4) is 0 Å². The lowest BCUT2D eigenvalue weighted by Crippen LogP contribution is -2.49. The van der Waals surface area contributed by atoms with Gasteiger partial charge in [0.15, 0.2) is 0 Å². The first-order valence-corrected chi connectivity index (χ1v) is 6.54. The van der Waals surface area contributed by atoms with Crippen molar-refractivity contribution in [1.29, 1.82) is 0 Å². The number of aromatic nitrogens is 1. The summed E-state index contributed by atoms with van der Waals surface area (Å²) in [5.74, 6) is 0. The van der Waals surface area contributed by atoms with Crippen molar-refractivity contribution in [1.82, 2.24) is 10.3 Å². The van der Waals surface area contributed by atoms with E-state index in [4.69, 9.17) is 5.73 Å². The smallest absolute Gasteiger partial charge is 0.106 e. The fraction of sp³-hybridized carbons (Fsp3) is 0.727. The molecule has 1 saturated carbocycles. The molecular formula is C11H19N3S. The number of nitrogens with zero attached hydrogens (tertiary/aromatic N) is 1. The van der Waals surface area contributed by atoms with Gasteiger partial charge < -0.3 is 11.1 Å². The summed E-state index contributed by atoms with van der Waals surface area (Å²) >= 11 is 1.69. The van der Waals surface area contributed by atoms with Gasteiger partial charge >= 0.3 is 0 Å². The van der Waals surface area contributed by atoms with Gasteiger partial charge in [-0.1, -0.05) is 19.3 Å². The van der Waals surface area contributed by atoms with Crippen molar-refractivity contribution < 1.29 is 0 Å². The van der Waals surface area contributed by atoms with Gasteiger partial charge in [0.05, 0.1) is 0 Å². The molecule has 1 aromatic heterocycles. The average molecular weight is 225 g/mol. The minimum absolute atomic E-state index is 0.0372. The lowest BCUT2D eigenvalue weighted by atomic mass is 9.82. The van der Waals surface area contributed by atoms with E-state index in [1.165, 1.54) is 19.3 Å². The molecule has 0 radical (unpaired) electrons. The van der Waals surface area contributed by atoms with E-state index in [9.17, 15) is 0 Å². The molecule has 1 aromatic rings. The first-order chi connectivity index (χ1) is 7.29. The van der Waals surface area contributed by atoms with E-state index in [2.05, 4.69) is 10.3 Å². The summed E-state index contributed by atoms with van der Waals surface area (Å²) < 4.78 is 0. The van der Waals surface area contributed by atoms with Crippen LogP contribution < -0.4 is 11.1 Å². The van der Waals surface area contributed by atoms with Crippen molar-refractivity contribution >= 4 is 11.3 Å². The number of nitrogens with two attached hydrogens (primary N) is 1. The third kappa shape index (κ3) is 3.26. The molecule has 0 aromatic carbocycles. The van der Waals surface area contributed by atoms with Crippen LogP contribution in [0.2, 0.25) is 0 Å². The molecule has 3 N–H and O–H groups in total. The van der Waals surface area contributed by atoms with Gasteiger partial charge in [0.25, 0.3) is 0 Å². The first kappa shape index (κ1) is 11.0. The van der Waals surface area contributed by atoms with Gasteiger partial charge in [-0.15, -0.1) is 11.3 Å². The zero-order valence-electron chi connectivity index (χ0n) is 9.04. The molecule has 1 aliphatic carbocycles. The van der Waals surface area contributed by atoms with Crippen molar-refractivity contribution in [3.05, 3.63) is 16.6 Å². The summed E-state index contributed by atoms with van der Waals surface area (Å²) in [4.78, 5) is 4.24. The molecule has 0 amide bonds. The summed E-state index contributed by atoms with van der Waals surface area (Å²) in [5, 5.41) is 6.58. The zero-order chi connectivity index (χ0) is 10.6. The Balaban J connectivity index is 1.72. The monoisotopic (exact) mass is 225 g/mol. The normalized spacial score (nSPS) is 20.3. The second kappa shape index (κ2) is 5.05. The van der Waals surface area contributed by atoms with Crippen molar-refractivity contribution in [3.63, 3.8) is 0 Å². The summed E-state index contributed by atoms with van der Waals surface area (Å²) in [6.07, 6.45) is 8.10. The molecule has 15 heavy (non-hydrogen) atoms. The summed E-state index contributed by atoms with van der Waals surface area (Å²) in [6, 6.07) is 0. The van der Waals surface area contributed by atoms with E-state index in [1.807, 2.05) is 11.6 Å². The molecule has 0 bridgehead atoms. The van der Waals surface area contributed by atoms with Gasteiger partial charge in [0, 0.05) is 30.2 Å². The molecule has 3 nitrogen and oxygen atoms in total. The molecule has 0 aliphatic heterocycles. The van der Waals surface area contributed by atoms with Gasteiger partial charge in [-0.3, -0.25) is 0 Å². The number of rotatable bonds is 4. The Kier molecular flexibility index (Phi) is 3.72. The predicted octanol–water partition coefficient (Wildman–Crippen LogP) is 1.89. The predicted molar refractivity (Wildman–Crippen MR) is 63.8 cm³/mol. The fourth-order valence-electron chi connectivity index (χ4n) is 2.19. The maximum atomic E-state index is 6.32. The van der Waals surface area contributed by atoms with E-state index >= 15 is 0 Å². The average Bonchev–Trinajstić information content (AvgIpc) is 2.71. The van der Waals surface area contributed by atoms with Crippen LogP contribution in [0.15, 0.2) is 11.6 Å². The Morgan fingerprint density at radius 1 is 1.40 bits per heavy atom. The Morgan fingerprint density at radius 3 is 2.87 bits per heavy atom. The van der Waals surface area contributed by atoms with Crippen LogP contribution in [0.1, 0.15) is 37.1 Å². The third-order valence-corrected chi connectivity index (χ3v) is 3.87. The van der Waals surface area contributed by atoms with E-state index in [0.29, 0.717) is 0 Å². The second-order valence-electron chi connectivity index (χ2n) is 4.45. The van der Waals surface area contributed by atoms with Gasteiger partial charge in [0.1, 0.15) is 5.01 Å². The number of hydrogen-bond acceptors (Lipinski definition) is 4. The standard InChI is InChI=1S/C11H19N3S/c12-11(4-2-1-3-5-11)9-13-8-10-14-6-7-15-10/h6-7,13H,1-5,8-9,12H2. The molecule has 0 atom stereocenters. The minimum atomic E-state index is 0.0372. The highest BCUT2D eigenvalue weighted by Gasteiger charge is 2.26. The molecule has 84 valence electrons.